The highest BCUT2D eigenvalue weighted by Crippen LogP contribution is 2.34. The molecule has 0 aliphatic heterocycles. The molecule has 1 saturated carbocycles. The summed E-state index contributed by atoms with van der Waals surface area (Å²) in [6, 6.07) is 10.7. The maximum Gasteiger partial charge on any atom is 0.0424 e. The van der Waals surface area contributed by atoms with Crippen LogP contribution in [0.15, 0.2) is 42.7 Å². The zero-order chi connectivity index (χ0) is 13.1. The smallest absolute Gasteiger partial charge is 0.0424 e. The third-order valence-corrected chi connectivity index (χ3v) is 4.15. The summed E-state index contributed by atoms with van der Waals surface area (Å²) < 4.78 is 0. The van der Waals surface area contributed by atoms with Crippen molar-refractivity contribution in [3.63, 3.8) is 0 Å². The molecule has 1 heterocycles. The standard InChI is InChI=1S/C17H20N2/c18-17-10-11-19-12-16(17)15-8-6-14(7-9-15)13-4-2-1-3-5-13/h6-13H,1-5H2,(H2,18,19). The van der Waals surface area contributed by atoms with E-state index in [9.17, 15) is 0 Å². The average molecular weight is 252 g/mol. The molecule has 0 radical (unpaired) electrons. The second-order valence-electron chi connectivity index (χ2n) is 5.42. The second-order valence-corrected chi connectivity index (χ2v) is 5.42. The molecule has 2 nitrogen and oxygen atoms in total. The molecule has 3 rings (SSSR count). The van der Waals surface area contributed by atoms with E-state index in [1.807, 2.05) is 12.3 Å². The Morgan fingerprint density at radius 2 is 1.68 bits per heavy atom. The summed E-state index contributed by atoms with van der Waals surface area (Å²) in [5.41, 5.74) is 10.4. The lowest BCUT2D eigenvalue weighted by Gasteiger charge is -2.22. The number of hydrogen-bond donors (Lipinski definition) is 1. The molecular formula is C17H20N2. The predicted molar refractivity (Wildman–Crippen MR) is 79.9 cm³/mol. The van der Waals surface area contributed by atoms with Crippen molar-refractivity contribution in [3.05, 3.63) is 48.3 Å². The lowest BCUT2D eigenvalue weighted by atomic mass is 9.84. The summed E-state index contributed by atoms with van der Waals surface area (Å²) in [5.74, 6) is 0.758. The average Bonchev–Trinajstić information content (AvgIpc) is 2.49. The second kappa shape index (κ2) is 5.43. The molecule has 0 amide bonds. The Bertz CT molecular complexity index is 539. The van der Waals surface area contributed by atoms with Crippen molar-refractivity contribution in [1.82, 2.24) is 4.98 Å². The van der Waals surface area contributed by atoms with E-state index in [-0.39, 0.29) is 0 Å². The number of aromatic nitrogens is 1. The fraction of sp³-hybridized carbons (Fsp3) is 0.353. The number of rotatable bonds is 2. The maximum absolute atomic E-state index is 5.99. The number of pyridine rings is 1. The van der Waals surface area contributed by atoms with E-state index in [0.717, 1.165) is 22.7 Å². The topological polar surface area (TPSA) is 38.9 Å². The molecule has 19 heavy (non-hydrogen) atoms. The van der Waals surface area contributed by atoms with Crippen molar-refractivity contribution in [3.8, 4) is 11.1 Å². The van der Waals surface area contributed by atoms with Gasteiger partial charge in [0.15, 0.2) is 0 Å². The van der Waals surface area contributed by atoms with Gasteiger partial charge in [0.25, 0.3) is 0 Å². The van der Waals surface area contributed by atoms with Crippen LogP contribution in [0.2, 0.25) is 0 Å². The van der Waals surface area contributed by atoms with Crippen molar-refractivity contribution in [2.75, 3.05) is 5.73 Å². The Balaban J connectivity index is 1.84. The summed E-state index contributed by atoms with van der Waals surface area (Å²) in [5, 5.41) is 0. The monoisotopic (exact) mass is 252 g/mol. The lowest BCUT2D eigenvalue weighted by Crippen LogP contribution is -2.04. The van der Waals surface area contributed by atoms with Gasteiger partial charge >= 0.3 is 0 Å². The zero-order valence-corrected chi connectivity index (χ0v) is 11.2. The van der Waals surface area contributed by atoms with Gasteiger partial charge in [0, 0.05) is 23.6 Å². The SMILES string of the molecule is Nc1ccncc1-c1ccc(C2CCCCC2)cc1. The highest BCUT2D eigenvalue weighted by molar-refractivity contribution is 5.75. The van der Waals surface area contributed by atoms with E-state index < -0.39 is 0 Å². The fourth-order valence-corrected chi connectivity index (χ4v) is 3.02. The Hall–Kier alpha value is -1.83. The fourth-order valence-electron chi connectivity index (χ4n) is 3.02. The molecule has 2 N–H and O–H groups in total. The summed E-state index contributed by atoms with van der Waals surface area (Å²) in [6.07, 6.45) is 10.4. The van der Waals surface area contributed by atoms with Crippen molar-refractivity contribution >= 4 is 5.69 Å². The predicted octanol–water partition coefficient (Wildman–Crippen LogP) is 4.38. The first-order valence-electron chi connectivity index (χ1n) is 7.14. The highest BCUT2D eigenvalue weighted by Gasteiger charge is 2.15. The number of benzene rings is 1. The van der Waals surface area contributed by atoms with Crippen molar-refractivity contribution in [2.24, 2.45) is 0 Å². The molecule has 1 fully saturated rings. The van der Waals surface area contributed by atoms with E-state index in [1.165, 1.54) is 37.7 Å². The van der Waals surface area contributed by atoms with Gasteiger partial charge in [0.2, 0.25) is 0 Å². The first-order chi connectivity index (χ1) is 9.34. The van der Waals surface area contributed by atoms with Gasteiger partial charge in [-0.25, -0.2) is 0 Å². The first kappa shape index (κ1) is 12.2. The van der Waals surface area contributed by atoms with Gasteiger partial charge in [0.05, 0.1) is 0 Å². The molecule has 1 aliphatic rings. The van der Waals surface area contributed by atoms with Crippen LogP contribution in [0.25, 0.3) is 11.1 Å². The normalized spacial score (nSPS) is 16.4. The van der Waals surface area contributed by atoms with Crippen molar-refractivity contribution in [1.29, 1.82) is 0 Å². The molecule has 2 heteroatoms. The molecule has 98 valence electrons. The Labute approximate surface area is 114 Å². The van der Waals surface area contributed by atoms with Gasteiger partial charge in [-0.2, -0.15) is 0 Å². The Morgan fingerprint density at radius 3 is 2.37 bits per heavy atom. The minimum atomic E-state index is 0.758. The van der Waals surface area contributed by atoms with Crippen LogP contribution >= 0.6 is 0 Å². The number of hydrogen-bond acceptors (Lipinski definition) is 2. The van der Waals surface area contributed by atoms with Gasteiger partial charge < -0.3 is 5.73 Å². The third-order valence-electron chi connectivity index (χ3n) is 4.15. The minimum Gasteiger partial charge on any atom is -0.398 e. The van der Waals surface area contributed by atoms with E-state index in [2.05, 4.69) is 29.2 Å². The summed E-state index contributed by atoms with van der Waals surface area (Å²) >= 11 is 0. The van der Waals surface area contributed by atoms with Gasteiger partial charge in [-0.3, -0.25) is 4.98 Å². The number of anilines is 1. The molecule has 1 aromatic heterocycles. The van der Waals surface area contributed by atoms with Crippen LogP contribution in [-0.2, 0) is 0 Å². The summed E-state index contributed by atoms with van der Waals surface area (Å²) in [6.45, 7) is 0. The Morgan fingerprint density at radius 1 is 0.947 bits per heavy atom. The lowest BCUT2D eigenvalue weighted by molar-refractivity contribution is 0.443. The van der Waals surface area contributed by atoms with Crippen LogP contribution in [-0.4, -0.2) is 4.98 Å². The molecule has 1 aromatic carbocycles. The number of nitrogens with two attached hydrogens (primary N) is 1. The van der Waals surface area contributed by atoms with E-state index in [1.54, 1.807) is 6.20 Å². The molecule has 0 atom stereocenters. The molecule has 0 unspecified atom stereocenters. The minimum absolute atomic E-state index is 0.758. The van der Waals surface area contributed by atoms with Crippen LogP contribution in [0.3, 0.4) is 0 Å². The molecule has 2 aromatic rings. The van der Waals surface area contributed by atoms with Gasteiger partial charge in [-0.1, -0.05) is 43.5 Å². The number of nitrogens with zero attached hydrogens (tertiary/aromatic N) is 1. The van der Waals surface area contributed by atoms with Gasteiger partial charge in [-0.05, 0) is 36.0 Å². The van der Waals surface area contributed by atoms with Crippen LogP contribution in [0.1, 0.15) is 43.6 Å². The molecular weight excluding hydrogens is 232 g/mol. The van der Waals surface area contributed by atoms with E-state index in [0.29, 0.717) is 0 Å². The van der Waals surface area contributed by atoms with Crippen LogP contribution in [0.4, 0.5) is 5.69 Å². The maximum atomic E-state index is 5.99. The van der Waals surface area contributed by atoms with Crippen LogP contribution in [0.5, 0.6) is 0 Å². The molecule has 0 saturated heterocycles. The zero-order valence-electron chi connectivity index (χ0n) is 11.2. The first-order valence-corrected chi connectivity index (χ1v) is 7.14. The largest absolute Gasteiger partial charge is 0.398 e. The quantitative estimate of drug-likeness (QED) is 0.861. The van der Waals surface area contributed by atoms with Crippen LogP contribution in [0, 0.1) is 0 Å². The summed E-state index contributed by atoms with van der Waals surface area (Å²) in [7, 11) is 0. The van der Waals surface area contributed by atoms with Crippen molar-refractivity contribution < 1.29 is 0 Å². The van der Waals surface area contributed by atoms with E-state index in [4.69, 9.17) is 5.73 Å². The van der Waals surface area contributed by atoms with Crippen molar-refractivity contribution in [2.45, 2.75) is 38.0 Å². The van der Waals surface area contributed by atoms with Crippen LogP contribution < -0.4 is 5.73 Å². The van der Waals surface area contributed by atoms with Gasteiger partial charge in [0.1, 0.15) is 0 Å². The molecule has 1 aliphatic carbocycles. The Kier molecular flexibility index (Phi) is 3.49. The highest BCUT2D eigenvalue weighted by atomic mass is 14.7. The number of nitrogen functional groups attached to an aromatic ring is 1. The third kappa shape index (κ3) is 2.62. The summed E-state index contributed by atoms with van der Waals surface area (Å²) in [4.78, 5) is 4.15. The van der Waals surface area contributed by atoms with E-state index >= 15 is 0 Å². The molecule has 0 spiro atoms. The molecule has 0 bridgehead atoms. The van der Waals surface area contributed by atoms with Gasteiger partial charge in [-0.15, -0.1) is 0 Å².